The van der Waals surface area contributed by atoms with Crippen molar-refractivity contribution in [2.24, 2.45) is 0 Å². The molecule has 0 saturated carbocycles. The molecule has 1 aromatic heterocycles. The summed E-state index contributed by atoms with van der Waals surface area (Å²) in [5.41, 5.74) is 0.620. The number of furan rings is 1. The third-order valence-corrected chi connectivity index (χ3v) is 4.86. The van der Waals surface area contributed by atoms with Crippen LogP contribution in [0.25, 0.3) is 0 Å². The summed E-state index contributed by atoms with van der Waals surface area (Å²) in [7, 11) is -3.52. The molecule has 0 radical (unpaired) electrons. The number of halogens is 1. The van der Waals surface area contributed by atoms with Crippen LogP contribution in [0.4, 0.5) is 0 Å². The highest BCUT2D eigenvalue weighted by Crippen LogP contribution is 2.19. The van der Waals surface area contributed by atoms with Crippen LogP contribution in [0.15, 0.2) is 45.9 Å². The molecule has 0 unspecified atom stereocenters. The number of sulfonamides is 1. The van der Waals surface area contributed by atoms with Crippen LogP contribution in [-0.4, -0.2) is 21.6 Å². The SMILES string of the molecule is Cc1cc(Cl)ccc1S(=O)(=O)NCCCOCc1ccco1. The first-order valence-corrected chi connectivity index (χ1v) is 8.71. The second kappa shape index (κ2) is 7.78. The van der Waals surface area contributed by atoms with E-state index in [1.54, 1.807) is 31.4 Å². The third kappa shape index (κ3) is 4.84. The maximum Gasteiger partial charge on any atom is 0.240 e. The predicted octanol–water partition coefficient (Wildman–Crippen LogP) is 3.13. The van der Waals surface area contributed by atoms with Gasteiger partial charge in [0.25, 0.3) is 0 Å². The smallest absolute Gasteiger partial charge is 0.240 e. The van der Waals surface area contributed by atoms with Crippen LogP contribution in [0.1, 0.15) is 17.7 Å². The zero-order chi connectivity index (χ0) is 16.0. The molecule has 22 heavy (non-hydrogen) atoms. The second-order valence-corrected chi connectivity index (χ2v) is 6.96. The van der Waals surface area contributed by atoms with E-state index in [9.17, 15) is 8.42 Å². The average Bonchev–Trinajstić information content (AvgIpc) is 2.95. The lowest BCUT2D eigenvalue weighted by molar-refractivity contribution is 0.105. The Balaban J connectivity index is 1.75. The summed E-state index contributed by atoms with van der Waals surface area (Å²) < 4.78 is 37.4. The van der Waals surface area contributed by atoms with Crippen LogP contribution in [0.5, 0.6) is 0 Å². The monoisotopic (exact) mass is 343 g/mol. The number of hydrogen-bond donors (Lipinski definition) is 1. The Labute approximate surface area is 135 Å². The van der Waals surface area contributed by atoms with Gasteiger partial charge in [-0.2, -0.15) is 0 Å². The minimum atomic E-state index is -3.52. The fourth-order valence-electron chi connectivity index (χ4n) is 1.94. The first-order valence-electron chi connectivity index (χ1n) is 6.85. The van der Waals surface area contributed by atoms with Gasteiger partial charge in [0.1, 0.15) is 12.4 Å². The van der Waals surface area contributed by atoms with E-state index in [1.165, 1.54) is 6.07 Å². The van der Waals surface area contributed by atoms with Crippen molar-refractivity contribution >= 4 is 21.6 Å². The number of ether oxygens (including phenoxy) is 1. The molecule has 0 saturated heterocycles. The maximum atomic E-state index is 12.2. The van der Waals surface area contributed by atoms with Crippen molar-refractivity contribution in [1.29, 1.82) is 0 Å². The molecule has 5 nitrogen and oxygen atoms in total. The number of benzene rings is 1. The van der Waals surface area contributed by atoms with Crippen molar-refractivity contribution in [2.45, 2.75) is 24.8 Å². The van der Waals surface area contributed by atoms with E-state index in [-0.39, 0.29) is 4.90 Å². The van der Waals surface area contributed by atoms with Gasteiger partial charge in [0.15, 0.2) is 0 Å². The van der Waals surface area contributed by atoms with Crippen molar-refractivity contribution in [1.82, 2.24) is 4.72 Å². The molecule has 0 spiro atoms. The summed E-state index contributed by atoms with van der Waals surface area (Å²) in [6.45, 7) is 2.86. The summed E-state index contributed by atoms with van der Waals surface area (Å²) in [6.07, 6.45) is 2.16. The molecule has 0 aliphatic heterocycles. The highest BCUT2D eigenvalue weighted by molar-refractivity contribution is 7.89. The van der Waals surface area contributed by atoms with Crippen molar-refractivity contribution in [3.8, 4) is 0 Å². The average molecular weight is 344 g/mol. The number of hydrogen-bond acceptors (Lipinski definition) is 4. The van der Waals surface area contributed by atoms with E-state index in [1.807, 2.05) is 6.07 Å². The molecule has 0 atom stereocenters. The Kier molecular flexibility index (Phi) is 6.02. The van der Waals surface area contributed by atoms with Gasteiger partial charge in [0.2, 0.25) is 10.0 Å². The molecule has 2 rings (SSSR count). The highest BCUT2D eigenvalue weighted by Gasteiger charge is 2.16. The molecule has 1 aromatic carbocycles. The summed E-state index contributed by atoms with van der Waals surface area (Å²) in [6, 6.07) is 8.32. The quantitative estimate of drug-likeness (QED) is 0.748. The third-order valence-electron chi connectivity index (χ3n) is 3.01. The standard InChI is InChI=1S/C15H18ClNO4S/c1-12-10-13(16)5-6-15(12)22(18,19)17-7-3-8-20-11-14-4-2-9-21-14/h2,4-6,9-10,17H,3,7-8,11H2,1H3. The lowest BCUT2D eigenvalue weighted by atomic mass is 10.2. The van der Waals surface area contributed by atoms with E-state index < -0.39 is 10.0 Å². The molecule has 1 heterocycles. The van der Waals surface area contributed by atoms with Crippen LogP contribution < -0.4 is 4.72 Å². The minimum Gasteiger partial charge on any atom is -0.467 e. The summed E-state index contributed by atoms with van der Waals surface area (Å²) in [5.74, 6) is 0.748. The Morgan fingerprint density at radius 2 is 2.14 bits per heavy atom. The summed E-state index contributed by atoms with van der Waals surface area (Å²) >= 11 is 5.83. The summed E-state index contributed by atoms with van der Waals surface area (Å²) in [4.78, 5) is 0.244. The molecule has 0 bridgehead atoms. The molecule has 0 aliphatic carbocycles. The molecule has 0 aliphatic rings. The highest BCUT2D eigenvalue weighted by atomic mass is 35.5. The molecule has 0 fully saturated rings. The van der Waals surface area contributed by atoms with Gasteiger partial charge >= 0.3 is 0 Å². The van der Waals surface area contributed by atoms with Crippen LogP contribution in [-0.2, 0) is 21.4 Å². The van der Waals surface area contributed by atoms with Gasteiger partial charge in [-0.15, -0.1) is 0 Å². The van der Waals surface area contributed by atoms with Gasteiger partial charge in [-0.05, 0) is 49.2 Å². The first kappa shape index (κ1) is 17.0. The van der Waals surface area contributed by atoms with Crippen LogP contribution >= 0.6 is 11.6 Å². The Hall–Kier alpha value is -1.34. The normalized spacial score (nSPS) is 11.7. The van der Waals surface area contributed by atoms with E-state index in [2.05, 4.69) is 4.72 Å². The van der Waals surface area contributed by atoms with Gasteiger partial charge in [0, 0.05) is 18.2 Å². The Morgan fingerprint density at radius 3 is 2.82 bits per heavy atom. The van der Waals surface area contributed by atoms with Crippen LogP contribution in [0.3, 0.4) is 0 Å². The minimum absolute atomic E-state index is 0.244. The van der Waals surface area contributed by atoms with Crippen LogP contribution in [0, 0.1) is 6.92 Å². The molecular formula is C15H18ClNO4S. The molecule has 7 heteroatoms. The Bertz CT molecular complexity index is 698. The number of rotatable bonds is 8. The van der Waals surface area contributed by atoms with Crippen molar-refractivity contribution in [3.63, 3.8) is 0 Å². The number of nitrogens with one attached hydrogen (secondary N) is 1. The van der Waals surface area contributed by atoms with E-state index >= 15 is 0 Å². The van der Waals surface area contributed by atoms with Gasteiger partial charge in [-0.3, -0.25) is 0 Å². The fourth-order valence-corrected chi connectivity index (χ4v) is 3.47. The molecular weight excluding hydrogens is 326 g/mol. The number of aryl methyl sites for hydroxylation is 1. The van der Waals surface area contributed by atoms with Crippen molar-refractivity contribution in [3.05, 3.63) is 52.9 Å². The summed E-state index contributed by atoms with van der Waals surface area (Å²) in [5, 5.41) is 0.516. The lowest BCUT2D eigenvalue weighted by Crippen LogP contribution is -2.26. The predicted molar refractivity (Wildman–Crippen MR) is 84.4 cm³/mol. The van der Waals surface area contributed by atoms with Crippen molar-refractivity contribution in [2.75, 3.05) is 13.2 Å². The topological polar surface area (TPSA) is 68.5 Å². The molecule has 120 valence electrons. The van der Waals surface area contributed by atoms with Gasteiger partial charge < -0.3 is 9.15 Å². The Morgan fingerprint density at radius 1 is 1.32 bits per heavy atom. The molecule has 2 aromatic rings. The fraction of sp³-hybridized carbons (Fsp3) is 0.333. The first-order chi connectivity index (χ1) is 10.5. The van der Waals surface area contributed by atoms with Crippen LogP contribution in [0.2, 0.25) is 5.02 Å². The molecule has 0 amide bonds. The second-order valence-electron chi connectivity index (χ2n) is 4.79. The van der Waals surface area contributed by atoms with Crippen molar-refractivity contribution < 1.29 is 17.6 Å². The van der Waals surface area contributed by atoms with Gasteiger partial charge in [-0.1, -0.05) is 11.6 Å². The zero-order valence-electron chi connectivity index (χ0n) is 12.2. The van der Waals surface area contributed by atoms with Gasteiger partial charge in [-0.25, -0.2) is 13.1 Å². The van der Waals surface area contributed by atoms with E-state index in [0.717, 1.165) is 5.76 Å². The largest absolute Gasteiger partial charge is 0.467 e. The van der Waals surface area contributed by atoms with E-state index in [0.29, 0.717) is 36.8 Å². The zero-order valence-corrected chi connectivity index (χ0v) is 13.8. The lowest BCUT2D eigenvalue weighted by Gasteiger charge is -2.09. The van der Waals surface area contributed by atoms with E-state index in [4.69, 9.17) is 20.8 Å². The maximum absolute atomic E-state index is 12.2. The van der Waals surface area contributed by atoms with Gasteiger partial charge in [0.05, 0.1) is 11.2 Å². The molecule has 1 N–H and O–H groups in total.